The van der Waals surface area contributed by atoms with E-state index in [1.807, 2.05) is 4.68 Å². The van der Waals surface area contributed by atoms with Crippen molar-refractivity contribution in [3.05, 3.63) is 11.9 Å². The average Bonchev–Trinajstić information content (AvgIpc) is 2.89. The predicted molar refractivity (Wildman–Crippen MR) is 74.6 cm³/mol. The summed E-state index contributed by atoms with van der Waals surface area (Å²) in [7, 11) is 1.77. The maximum Gasteiger partial charge on any atom is 0.0807 e. The Bertz CT molecular complexity index is 373. The molecule has 108 valence electrons. The molecular formula is C14H26N4O. The molecule has 1 aliphatic carbocycles. The number of aromatic nitrogens is 3. The molecule has 1 aromatic heterocycles. The van der Waals surface area contributed by atoms with Crippen molar-refractivity contribution in [3.8, 4) is 0 Å². The van der Waals surface area contributed by atoms with Gasteiger partial charge in [0.25, 0.3) is 0 Å². The molecule has 2 rings (SSSR count). The number of hydrogen-bond donors (Lipinski definition) is 1. The Kier molecular flexibility index (Phi) is 5.34. The van der Waals surface area contributed by atoms with E-state index in [2.05, 4.69) is 17.2 Å². The second kappa shape index (κ2) is 7.01. The molecular weight excluding hydrogens is 240 g/mol. The fourth-order valence-electron chi connectivity index (χ4n) is 3.17. The Hall–Kier alpha value is -0.940. The summed E-state index contributed by atoms with van der Waals surface area (Å²) in [5, 5.41) is 8.12. The maximum atomic E-state index is 6.43. The van der Waals surface area contributed by atoms with E-state index >= 15 is 0 Å². The number of rotatable bonds is 6. The van der Waals surface area contributed by atoms with Crippen LogP contribution in [-0.2, 0) is 11.3 Å². The van der Waals surface area contributed by atoms with Gasteiger partial charge in [0.2, 0.25) is 0 Å². The highest BCUT2D eigenvalue weighted by Crippen LogP contribution is 2.32. The molecule has 19 heavy (non-hydrogen) atoms. The molecule has 0 radical (unpaired) electrons. The van der Waals surface area contributed by atoms with Gasteiger partial charge in [-0.2, -0.15) is 0 Å². The van der Waals surface area contributed by atoms with Gasteiger partial charge in [-0.05, 0) is 25.2 Å². The van der Waals surface area contributed by atoms with Crippen LogP contribution in [0.15, 0.2) is 6.20 Å². The van der Waals surface area contributed by atoms with E-state index in [0.29, 0.717) is 5.92 Å². The highest BCUT2D eigenvalue weighted by molar-refractivity contribution is 5.05. The number of hydrogen-bond acceptors (Lipinski definition) is 4. The van der Waals surface area contributed by atoms with E-state index in [1.165, 1.54) is 32.1 Å². The second-order valence-electron chi connectivity index (χ2n) is 5.51. The molecule has 0 saturated heterocycles. The van der Waals surface area contributed by atoms with Gasteiger partial charge in [-0.1, -0.05) is 31.4 Å². The summed E-state index contributed by atoms with van der Waals surface area (Å²) >= 11 is 0. The zero-order chi connectivity index (χ0) is 13.7. The SMILES string of the molecule is CCCn1nncc1C(N)C(OC)C1CCCCC1. The maximum absolute atomic E-state index is 6.43. The Balaban J connectivity index is 2.10. The lowest BCUT2D eigenvalue weighted by Crippen LogP contribution is -2.37. The van der Waals surface area contributed by atoms with Crippen molar-refractivity contribution in [2.24, 2.45) is 11.7 Å². The third-order valence-corrected chi connectivity index (χ3v) is 4.17. The molecule has 1 fully saturated rings. The number of ether oxygens (including phenoxy) is 1. The minimum absolute atomic E-state index is 0.0782. The minimum atomic E-state index is -0.130. The molecule has 5 heteroatoms. The molecule has 0 aliphatic heterocycles. The van der Waals surface area contributed by atoms with Gasteiger partial charge in [0.1, 0.15) is 0 Å². The van der Waals surface area contributed by atoms with Gasteiger partial charge in [-0.25, -0.2) is 4.68 Å². The van der Waals surface area contributed by atoms with E-state index in [9.17, 15) is 0 Å². The first kappa shape index (κ1) is 14.5. The standard InChI is InChI=1S/C14H26N4O/c1-3-9-18-12(10-16-17-18)13(15)14(19-2)11-7-5-4-6-8-11/h10-11,13-14H,3-9,15H2,1-2H3. The third kappa shape index (κ3) is 3.34. The zero-order valence-electron chi connectivity index (χ0n) is 12.1. The molecule has 2 unspecified atom stereocenters. The van der Waals surface area contributed by atoms with Crippen molar-refractivity contribution in [2.45, 2.75) is 64.1 Å². The van der Waals surface area contributed by atoms with Gasteiger partial charge in [-0.15, -0.1) is 5.10 Å². The first-order chi connectivity index (χ1) is 9.27. The van der Waals surface area contributed by atoms with E-state index in [0.717, 1.165) is 18.7 Å². The summed E-state index contributed by atoms with van der Waals surface area (Å²) in [6.07, 6.45) is 9.28. The molecule has 0 spiro atoms. The number of methoxy groups -OCH3 is 1. The van der Waals surface area contributed by atoms with Crippen molar-refractivity contribution in [2.75, 3.05) is 7.11 Å². The van der Waals surface area contributed by atoms with E-state index < -0.39 is 0 Å². The van der Waals surface area contributed by atoms with Gasteiger partial charge in [0.05, 0.1) is 24.0 Å². The van der Waals surface area contributed by atoms with Gasteiger partial charge >= 0.3 is 0 Å². The largest absolute Gasteiger partial charge is 0.379 e. The molecule has 5 nitrogen and oxygen atoms in total. The molecule has 1 aromatic rings. The molecule has 1 heterocycles. The normalized spacial score (nSPS) is 20.4. The molecule has 2 atom stereocenters. The van der Waals surface area contributed by atoms with Crippen LogP contribution in [0.3, 0.4) is 0 Å². The minimum Gasteiger partial charge on any atom is -0.379 e. The van der Waals surface area contributed by atoms with Crippen LogP contribution in [0.5, 0.6) is 0 Å². The lowest BCUT2D eigenvalue weighted by Gasteiger charge is -2.33. The summed E-state index contributed by atoms with van der Waals surface area (Å²) < 4.78 is 7.63. The summed E-state index contributed by atoms with van der Waals surface area (Å²) in [5.41, 5.74) is 7.43. The zero-order valence-corrected chi connectivity index (χ0v) is 12.1. The first-order valence-electron chi connectivity index (χ1n) is 7.44. The Morgan fingerprint density at radius 3 is 2.79 bits per heavy atom. The van der Waals surface area contributed by atoms with E-state index in [4.69, 9.17) is 10.5 Å². The lowest BCUT2D eigenvalue weighted by molar-refractivity contribution is 0.0153. The topological polar surface area (TPSA) is 66.0 Å². The van der Waals surface area contributed by atoms with Crippen LogP contribution in [0, 0.1) is 5.92 Å². The van der Waals surface area contributed by atoms with Crippen LogP contribution in [0.2, 0.25) is 0 Å². The lowest BCUT2D eigenvalue weighted by atomic mass is 9.82. The summed E-state index contributed by atoms with van der Waals surface area (Å²) in [5.74, 6) is 0.568. The Morgan fingerprint density at radius 2 is 2.16 bits per heavy atom. The molecule has 0 aromatic carbocycles. The summed E-state index contributed by atoms with van der Waals surface area (Å²) in [4.78, 5) is 0. The van der Waals surface area contributed by atoms with Crippen LogP contribution >= 0.6 is 0 Å². The predicted octanol–water partition coefficient (Wildman–Crippen LogP) is 2.28. The second-order valence-corrected chi connectivity index (χ2v) is 5.51. The van der Waals surface area contributed by atoms with Gasteiger partial charge < -0.3 is 10.5 Å². The van der Waals surface area contributed by atoms with Crippen LogP contribution in [0.1, 0.15) is 57.2 Å². The summed E-state index contributed by atoms with van der Waals surface area (Å²) in [6, 6.07) is -0.130. The Labute approximate surface area is 115 Å². The number of aryl methyl sites for hydroxylation is 1. The molecule has 1 aliphatic rings. The van der Waals surface area contributed by atoms with Crippen molar-refractivity contribution in [3.63, 3.8) is 0 Å². The summed E-state index contributed by atoms with van der Waals surface area (Å²) in [6.45, 7) is 3.00. The van der Waals surface area contributed by atoms with Crippen molar-refractivity contribution in [1.29, 1.82) is 0 Å². The third-order valence-electron chi connectivity index (χ3n) is 4.17. The van der Waals surface area contributed by atoms with E-state index in [-0.39, 0.29) is 12.1 Å². The number of nitrogens with zero attached hydrogens (tertiary/aromatic N) is 3. The quantitative estimate of drug-likeness (QED) is 0.858. The highest BCUT2D eigenvalue weighted by Gasteiger charge is 2.31. The first-order valence-corrected chi connectivity index (χ1v) is 7.44. The highest BCUT2D eigenvalue weighted by atomic mass is 16.5. The fraction of sp³-hybridized carbons (Fsp3) is 0.857. The Morgan fingerprint density at radius 1 is 1.42 bits per heavy atom. The molecule has 2 N–H and O–H groups in total. The van der Waals surface area contributed by atoms with Gasteiger partial charge in [-0.3, -0.25) is 0 Å². The van der Waals surface area contributed by atoms with Crippen molar-refractivity contribution in [1.82, 2.24) is 15.0 Å². The van der Waals surface area contributed by atoms with Gasteiger partial charge in [0.15, 0.2) is 0 Å². The molecule has 0 amide bonds. The van der Waals surface area contributed by atoms with Crippen LogP contribution in [0.25, 0.3) is 0 Å². The van der Waals surface area contributed by atoms with Crippen molar-refractivity contribution >= 4 is 0 Å². The molecule has 1 saturated carbocycles. The van der Waals surface area contributed by atoms with Crippen LogP contribution in [0.4, 0.5) is 0 Å². The van der Waals surface area contributed by atoms with Crippen LogP contribution in [-0.4, -0.2) is 28.2 Å². The van der Waals surface area contributed by atoms with Crippen LogP contribution < -0.4 is 5.73 Å². The fourth-order valence-corrected chi connectivity index (χ4v) is 3.17. The smallest absolute Gasteiger partial charge is 0.0807 e. The molecule has 0 bridgehead atoms. The monoisotopic (exact) mass is 266 g/mol. The van der Waals surface area contributed by atoms with Crippen molar-refractivity contribution < 1.29 is 4.74 Å². The average molecular weight is 266 g/mol. The number of nitrogens with two attached hydrogens (primary N) is 1. The van der Waals surface area contributed by atoms with E-state index in [1.54, 1.807) is 13.3 Å². The van der Waals surface area contributed by atoms with Gasteiger partial charge in [0, 0.05) is 13.7 Å².